The number of amides is 2. The van der Waals surface area contributed by atoms with Crippen LogP contribution in [0, 0.1) is 0 Å². The van der Waals surface area contributed by atoms with E-state index < -0.39 is 0 Å². The Balaban J connectivity index is 1.73. The summed E-state index contributed by atoms with van der Waals surface area (Å²) in [4.78, 5) is 26.7. The quantitative estimate of drug-likeness (QED) is 0.642. The third-order valence-corrected chi connectivity index (χ3v) is 4.21. The first-order valence-electron chi connectivity index (χ1n) is 7.96. The van der Waals surface area contributed by atoms with Crippen LogP contribution in [0.2, 0.25) is 5.02 Å². The molecule has 1 aromatic carbocycles. The van der Waals surface area contributed by atoms with E-state index in [2.05, 4.69) is 15.5 Å². The second-order valence-corrected chi connectivity index (χ2v) is 6.00. The van der Waals surface area contributed by atoms with Crippen molar-refractivity contribution in [1.82, 2.24) is 10.6 Å². The van der Waals surface area contributed by atoms with E-state index in [1.54, 1.807) is 0 Å². The summed E-state index contributed by atoms with van der Waals surface area (Å²) < 4.78 is 0. The van der Waals surface area contributed by atoms with Gasteiger partial charge in [-0.05, 0) is 19.1 Å². The zero-order valence-corrected chi connectivity index (χ0v) is 14.2. The average Bonchev–Trinajstić information content (AvgIpc) is 2.55. The molecule has 3 N–H and O–H groups in total. The lowest BCUT2D eigenvalue weighted by Crippen LogP contribution is -3.16. The van der Waals surface area contributed by atoms with Crippen molar-refractivity contribution in [3.05, 3.63) is 29.3 Å². The smallest absolute Gasteiger partial charge is 0.275 e. The Hall–Kier alpha value is -1.79. The molecule has 126 valence electrons. The summed E-state index contributed by atoms with van der Waals surface area (Å²) in [7, 11) is 0. The Morgan fingerprint density at radius 2 is 1.87 bits per heavy atom. The molecule has 0 saturated carbocycles. The molecule has 0 aromatic heterocycles. The lowest BCUT2D eigenvalue weighted by molar-refractivity contribution is -0.892. The van der Waals surface area contributed by atoms with Crippen LogP contribution in [0.4, 0.5) is 5.69 Å². The molecule has 0 radical (unpaired) electrons. The number of nitrogens with zero attached hydrogens (tertiary/aromatic N) is 1. The first kappa shape index (κ1) is 17.6. The van der Waals surface area contributed by atoms with E-state index in [0.717, 1.165) is 36.9 Å². The predicted octanol–water partition coefficient (Wildman–Crippen LogP) is -0.703. The average molecular weight is 340 g/mol. The highest BCUT2D eigenvalue weighted by Gasteiger charge is 2.23. The molecule has 1 heterocycles. The van der Waals surface area contributed by atoms with E-state index in [-0.39, 0.29) is 18.4 Å². The fourth-order valence-corrected chi connectivity index (χ4v) is 2.93. The van der Waals surface area contributed by atoms with Gasteiger partial charge in [0.05, 0.1) is 43.4 Å². The minimum absolute atomic E-state index is 0.0473. The topological polar surface area (TPSA) is 65.9 Å². The molecular formula is C16H24ClN4O2+. The van der Waals surface area contributed by atoms with Gasteiger partial charge in [-0.25, -0.2) is 0 Å². The van der Waals surface area contributed by atoms with Crippen molar-refractivity contribution in [3.63, 3.8) is 0 Å². The summed E-state index contributed by atoms with van der Waals surface area (Å²) >= 11 is 6.22. The lowest BCUT2D eigenvalue weighted by atomic mass is 10.2. The van der Waals surface area contributed by atoms with Gasteiger partial charge in [0.25, 0.3) is 5.91 Å². The van der Waals surface area contributed by atoms with Crippen LogP contribution in [-0.4, -0.2) is 57.6 Å². The van der Waals surface area contributed by atoms with Crippen molar-refractivity contribution < 1.29 is 14.5 Å². The van der Waals surface area contributed by atoms with Gasteiger partial charge in [-0.2, -0.15) is 0 Å². The number of benzene rings is 1. The Morgan fingerprint density at radius 3 is 2.52 bits per heavy atom. The van der Waals surface area contributed by atoms with Crippen LogP contribution in [0.5, 0.6) is 0 Å². The van der Waals surface area contributed by atoms with E-state index in [9.17, 15) is 9.59 Å². The largest absolute Gasteiger partial charge is 0.359 e. The first-order valence-corrected chi connectivity index (χ1v) is 8.34. The first-order chi connectivity index (χ1) is 11.1. The second-order valence-electron chi connectivity index (χ2n) is 5.60. The summed E-state index contributed by atoms with van der Waals surface area (Å²) in [6.45, 7) is 6.35. The molecule has 0 unspecified atom stereocenters. The van der Waals surface area contributed by atoms with Crippen molar-refractivity contribution in [2.45, 2.75) is 6.92 Å². The summed E-state index contributed by atoms with van der Waals surface area (Å²) in [6, 6.07) is 7.82. The summed E-state index contributed by atoms with van der Waals surface area (Å²) in [5.41, 5.74) is 1.05. The molecule has 1 aliphatic heterocycles. The molecule has 7 heteroatoms. The van der Waals surface area contributed by atoms with E-state index in [1.807, 2.05) is 31.2 Å². The van der Waals surface area contributed by atoms with Crippen LogP contribution in [0.15, 0.2) is 24.3 Å². The summed E-state index contributed by atoms with van der Waals surface area (Å²) in [5.74, 6) is -0.239. The Kier molecular flexibility index (Phi) is 6.67. The molecule has 1 fully saturated rings. The van der Waals surface area contributed by atoms with E-state index >= 15 is 0 Å². The molecule has 2 amide bonds. The minimum Gasteiger partial charge on any atom is -0.359 e. The molecule has 2 rings (SSSR count). The highest BCUT2D eigenvalue weighted by Crippen LogP contribution is 2.24. The molecule has 6 nitrogen and oxygen atoms in total. The standard InChI is InChI=1S/C16H23ClN4O2/c1-2-18-15(22)11-19-16(23)12-20-7-9-21(10-8-20)14-6-4-3-5-13(14)17/h3-6H,2,7-12H2,1H3,(H,18,22)(H,19,23)/p+1. The number of carbonyl (C=O) groups excluding carboxylic acids is 2. The van der Waals surface area contributed by atoms with Crippen LogP contribution in [0.25, 0.3) is 0 Å². The Bertz CT molecular complexity index is 545. The van der Waals surface area contributed by atoms with Gasteiger partial charge in [-0.15, -0.1) is 0 Å². The molecule has 23 heavy (non-hydrogen) atoms. The Labute approximate surface area is 141 Å². The summed E-state index contributed by atoms with van der Waals surface area (Å²) in [5, 5.41) is 6.07. The molecule has 1 saturated heterocycles. The SMILES string of the molecule is CCNC(=O)CNC(=O)C[NH+]1CCN(c2ccccc2Cl)CC1. The minimum atomic E-state index is -0.153. The maximum Gasteiger partial charge on any atom is 0.275 e. The molecule has 0 spiro atoms. The highest BCUT2D eigenvalue weighted by molar-refractivity contribution is 6.33. The number of hydrogen-bond donors (Lipinski definition) is 3. The van der Waals surface area contributed by atoms with Crippen molar-refractivity contribution in [2.75, 3.05) is 50.7 Å². The zero-order chi connectivity index (χ0) is 16.7. The molecule has 1 aliphatic rings. The van der Waals surface area contributed by atoms with Gasteiger partial charge in [-0.3, -0.25) is 9.59 Å². The second kappa shape index (κ2) is 8.74. The molecule has 0 aliphatic carbocycles. The van der Waals surface area contributed by atoms with Gasteiger partial charge in [0.2, 0.25) is 5.91 Å². The van der Waals surface area contributed by atoms with Crippen LogP contribution < -0.4 is 20.4 Å². The van der Waals surface area contributed by atoms with Crippen LogP contribution in [0.3, 0.4) is 0 Å². The van der Waals surface area contributed by atoms with Crippen molar-refractivity contribution >= 4 is 29.1 Å². The molecular weight excluding hydrogens is 316 g/mol. The normalized spacial score (nSPS) is 15.3. The molecule has 1 aromatic rings. The number of carbonyl (C=O) groups is 2. The number of rotatable bonds is 6. The number of quaternary nitrogens is 1. The lowest BCUT2D eigenvalue weighted by Gasteiger charge is -2.33. The number of halogens is 1. The third kappa shape index (κ3) is 5.41. The van der Waals surface area contributed by atoms with Crippen LogP contribution in [-0.2, 0) is 9.59 Å². The van der Waals surface area contributed by atoms with Gasteiger partial charge in [0.1, 0.15) is 0 Å². The fraction of sp³-hybridized carbons (Fsp3) is 0.500. The zero-order valence-electron chi connectivity index (χ0n) is 13.4. The number of piperazine rings is 1. The van der Waals surface area contributed by atoms with Gasteiger partial charge in [0, 0.05) is 6.54 Å². The van der Waals surface area contributed by atoms with Crippen molar-refractivity contribution in [1.29, 1.82) is 0 Å². The van der Waals surface area contributed by atoms with E-state index in [0.29, 0.717) is 13.1 Å². The van der Waals surface area contributed by atoms with Crippen LogP contribution >= 0.6 is 11.6 Å². The maximum atomic E-state index is 11.9. The fourth-order valence-electron chi connectivity index (χ4n) is 2.68. The monoisotopic (exact) mass is 339 g/mol. The summed E-state index contributed by atoms with van der Waals surface area (Å²) in [6.07, 6.45) is 0. The molecule has 0 atom stereocenters. The van der Waals surface area contributed by atoms with Crippen molar-refractivity contribution in [3.8, 4) is 0 Å². The van der Waals surface area contributed by atoms with Gasteiger partial charge in [0.15, 0.2) is 6.54 Å². The van der Waals surface area contributed by atoms with E-state index in [4.69, 9.17) is 11.6 Å². The van der Waals surface area contributed by atoms with Gasteiger partial charge < -0.3 is 20.4 Å². The van der Waals surface area contributed by atoms with Gasteiger partial charge in [-0.1, -0.05) is 23.7 Å². The van der Waals surface area contributed by atoms with Crippen LogP contribution in [0.1, 0.15) is 6.92 Å². The Morgan fingerprint density at radius 1 is 1.17 bits per heavy atom. The number of anilines is 1. The van der Waals surface area contributed by atoms with E-state index in [1.165, 1.54) is 4.90 Å². The van der Waals surface area contributed by atoms with Crippen molar-refractivity contribution in [2.24, 2.45) is 0 Å². The number of para-hydroxylation sites is 1. The highest BCUT2D eigenvalue weighted by atomic mass is 35.5. The van der Waals surface area contributed by atoms with Gasteiger partial charge >= 0.3 is 0 Å². The molecule has 0 bridgehead atoms. The predicted molar refractivity (Wildman–Crippen MR) is 90.9 cm³/mol. The number of likely N-dealkylation sites (N-methyl/N-ethyl adjacent to an activating group) is 1. The number of hydrogen-bond acceptors (Lipinski definition) is 3. The third-order valence-electron chi connectivity index (χ3n) is 3.89. The maximum absolute atomic E-state index is 11.9. The number of nitrogens with one attached hydrogen (secondary N) is 3.